The van der Waals surface area contributed by atoms with Gasteiger partial charge in [0.05, 0.1) is 11.9 Å². The number of aryl methyl sites for hydroxylation is 2. The summed E-state index contributed by atoms with van der Waals surface area (Å²) >= 11 is 1.42. The minimum atomic E-state index is 0.167. The van der Waals surface area contributed by atoms with Gasteiger partial charge < -0.3 is 9.64 Å². The molecule has 0 N–H and O–H groups in total. The largest absolute Gasteiger partial charge is 0.378 e. The topological polar surface area (TPSA) is 55.3 Å². The molecule has 0 atom stereocenters. The van der Waals surface area contributed by atoms with Gasteiger partial charge in [0, 0.05) is 31.1 Å². The number of nitrogens with zero attached hydrogens (tertiary/aromatic N) is 3. The van der Waals surface area contributed by atoms with Crippen LogP contribution in [0.4, 0.5) is 0 Å². The Morgan fingerprint density at radius 2 is 1.91 bits per heavy atom. The number of rotatable bonds is 6. The van der Waals surface area contributed by atoms with E-state index in [-0.39, 0.29) is 5.91 Å². The van der Waals surface area contributed by atoms with Crippen molar-refractivity contribution in [1.82, 2.24) is 14.9 Å². The zero-order valence-electron chi connectivity index (χ0n) is 14.5. The van der Waals surface area contributed by atoms with E-state index in [9.17, 15) is 4.79 Å². The van der Waals surface area contributed by atoms with Gasteiger partial charge in [0.1, 0.15) is 0 Å². The highest BCUT2D eigenvalue weighted by molar-refractivity contribution is 7.99. The number of ether oxygens (including phenoxy) is 1. The van der Waals surface area contributed by atoms with Crippen molar-refractivity contribution in [2.24, 2.45) is 5.92 Å². The number of amides is 1. The van der Waals surface area contributed by atoms with E-state index in [0.29, 0.717) is 22.9 Å². The second-order valence-corrected chi connectivity index (χ2v) is 7.47. The molecule has 0 radical (unpaired) electrons. The standard InChI is InChI=1S/C17H27N3O2S/c1-12(2)10-22-15-5-7-20(8-6-15)16(21)11-23-17-18-13(3)9-14(4)19-17/h9,12,15H,5-8,10-11H2,1-4H3. The van der Waals surface area contributed by atoms with Crippen LogP contribution in [0.15, 0.2) is 11.2 Å². The van der Waals surface area contributed by atoms with Gasteiger partial charge in [-0.05, 0) is 38.7 Å². The molecule has 0 saturated carbocycles. The quantitative estimate of drug-likeness (QED) is 0.590. The Hall–Kier alpha value is -1.14. The first-order valence-electron chi connectivity index (χ1n) is 8.28. The maximum Gasteiger partial charge on any atom is 0.233 e. The number of aromatic nitrogens is 2. The van der Waals surface area contributed by atoms with Gasteiger partial charge in [-0.25, -0.2) is 9.97 Å². The van der Waals surface area contributed by atoms with Crippen LogP contribution in [0.25, 0.3) is 0 Å². The first-order valence-corrected chi connectivity index (χ1v) is 9.27. The molecule has 1 saturated heterocycles. The van der Waals surface area contributed by atoms with E-state index in [2.05, 4.69) is 23.8 Å². The summed E-state index contributed by atoms with van der Waals surface area (Å²) in [6.45, 7) is 10.6. The molecule has 0 aromatic carbocycles. The van der Waals surface area contributed by atoms with E-state index in [0.717, 1.165) is 43.9 Å². The van der Waals surface area contributed by atoms with Crippen molar-refractivity contribution < 1.29 is 9.53 Å². The van der Waals surface area contributed by atoms with Gasteiger partial charge in [-0.15, -0.1) is 0 Å². The lowest BCUT2D eigenvalue weighted by atomic mass is 10.1. The third kappa shape index (κ3) is 6.11. The van der Waals surface area contributed by atoms with E-state index in [1.54, 1.807) is 0 Å². The number of carbonyl (C=O) groups excluding carboxylic acids is 1. The molecule has 1 aliphatic rings. The second-order valence-electron chi connectivity index (χ2n) is 6.53. The normalized spacial score (nSPS) is 16.1. The fraction of sp³-hybridized carbons (Fsp3) is 0.706. The van der Waals surface area contributed by atoms with Crippen LogP contribution in [-0.2, 0) is 9.53 Å². The molecule has 1 aliphatic heterocycles. The van der Waals surface area contributed by atoms with Crippen LogP contribution in [0.5, 0.6) is 0 Å². The number of hydrogen-bond donors (Lipinski definition) is 0. The van der Waals surface area contributed by atoms with Gasteiger partial charge in [-0.2, -0.15) is 0 Å². The molecule has 6 heteroatoms. The van der Waals surface area contributed by atoms with Crippen molar-refractivity contribution in [2.75, 3.05) is 25.4 Å². The van der Waals surface area contributed by atoms with Crippen molar-refractivity contribution in [2.45, 2.75) is 51.8 Å². The van der Waals surface area contributed by atoms with Crippen molar-refractivity contribution in [1.29, 1.82) is 0 Å². The fourth-order valence-electron chi connectivity index (χ4n) is 2.58. The van der Waals surface area contributed by atoms with Gasteiger partial charge in [-0.1, -0.05) is 25.6 Å². The van der Waals surface area contributed by atoms with E-state index in [1.165, 1.54) is 11.8 Å². The average Bonchev–Trinajstić information content (AvgIpc) is 2.50. The summed E-state index contributed by atoms with van der Waals surface area (Å²) in [4.78, 5) is 23.0. The highest BCUT2D eigenvalue weighted by atomic mass is 32.2. The third-order valence-corrected chi connectivity index (χ3v) is 4.58. The number of piperidine rings is 1. The molecule has 2 heterocycles. The Kier molecular flexibility index (Phi) is 6.84. The van der Waals surface area contributed by atoms with Crippen molar-refractivity contribution in [3.8, 4) is 0 Å². The molecule has 0 spiro atoms. The van der Waals surface area contributed by atoms with Crippen LogP contribution in [0, 0.1) is 19.8 Å². The molecular weight excluding hydrogens is 310 g/mol. The number of thioether (sulfide) groups is 1. The predicted molar refractivity (Wildman–Crippen MR) is 92.6 cm³/mol. The summed E-state index contributed by atoms with van der Waals surface area (Å²) in [5.41, 5.74) is 1.88. The Morgan fingerprint density at radius 1 is 1.30 bits per heavy atom. The third-order valence-electron chi connectivity index (χ3n) is 3.75. The number of likely N-dealkylation sites (tertiary alicyclic amines) is 1. The maximum absolute atomic E-state index is 12.3. The minimum absolute atomic E-state index is 0.167. The van der Waals surface area contributed by atoms with Crippen LogP contribution in [0.3, 0.4) is 0 Å². The summed E-state index contributed by atoms with van der Waals surface area (Å²) in [5.74, 6) is 1.13. The van der Waals surface area contributed by atoms with Crippen molar-refractivity contribution in [3.63, 3.8) is 0 Å². The molecule has 1 aromatic rings. The minimum Gasteiger partial charge on any atom is -0.378 e. The summed E-state index contributed by atoms with van der Waals surface area (Å²) in [5, 5.41) is 0.686. The summed E-state index contributed by atoms with van der Waals surface area (Å²) in [7, 11) is 0. The summed E-state index contributed by atoms with van der Waals surface area (Å²) in [6.07, 6.45) is 2.17. The van der Waals surface area contributed by atoms with Crippen LogP contribution >= 0.6 is 11.8 Å². The molecule has 1 amide bonds. The molecule has 0 bridgehead atoms. The Morgan fingerprint density at radius 3 is 2.48 bits per heavy atom. The van der Waals surface area contributed by atoms with Gasteiger partial charge in [-0.3, -0.25) is 4.79 Å². The lowest BCUT2D eigenvalue weighted by molar-refractivity contribution is -0.131. The lowest BCUT2D eigenvalue weighted by Gasteiger charge is -2.32. The molecule has 1 aromatic heterocycles. The fourth-order valence-corrected chi connectivity index (χ4v) is 3.43. The molecule has 0 aliphatic carbocycles. The molecule has 128 valence electrons. The van der Waals surface area contributed by atoms with Gasteiger partial charge in [0.15, 0.2) is 5.16 Å². The first-order chi connectivity index (χ1) is 10.9. The summed E-state index contributed by atoms with van der Waals surface area (Å²) < 4.78 is 5.86. The SMILES string of the molecule is Cc1cc(C)nc(SCC(=O)N2CCC(OCC(C)C)CC2)n1. The van der Waals surface area contributed by atoms with Gasteiger partial charge in [0.25, 0.3) is 0 Å². The second kappa shape index (κ2) is 8.64. The van der Waals surface area contributed by atoms with E-state index < -0.39 is 0 Å². The maximum atomic E-state index is 12.3. The average molecular weight is 337 g/mol. The number of carbonyl (C=O) groups is 1. The van der Waals surface area contributed by atoms with E-state index >= 15 is 0 Å². The van der Waals surface area contributed by atoms with Gasteiger partial charge in [0.2, 0.25) is 5.91 Å². The lowest BCUT2D eigenvalue weighted by Crippen LogP contribution is -2.42. The monoisotopic (exact) mass is 337 g/mol. The number of hydrogen-bond acceptors (Lipinski definition) is 5. The van der Waals surface area contributed by atoms with Crippen LogP contribution in [-0.4, -0.2) is 52.3 Å². The zero-order valence-corrected chi connectivity index (χ0v) is 15.4. The zero-order chi connectivity index (χ0) is 16.8. The van der Waals surface area contributed by atoms with E-state index in [4.69, 9.17) is 4.74 Å². The first kappa shape index (κ1) is 18.2. The molecular formula is C17H27N3O2S. The highest BCUT2D eigenvalue weighted by Crippen LogP contribution is 2.18. The molecule has 0 unspecified atom stereocenters. The van der Waals surface area contributed by atoms with Crippen LogP contribution in [0.1, 0.15) is 38.1 Å². The Balaban J connectivity index is 1.74. The molecule has 5 nitrogen and oxygen atoms in total. The molecule has 23 heavy (non-hydrogen) atoms. The highest BCUT2D eigenvalue weighted by Gasteiger charge is 2.23. The van der Waals surface area contributed by atoms with Gasteiger partial charge >= 0.3 is 0 Å². The summed E-state index contributed by atoms with van der Waals surface area (Å²) in [6, 6.07) is 1.94. The van der Waals surface area contributed by atoms with Crippen molar-refractivity contribution >= 4 is 17.7 Å². The van der Waals surface area contributed by atoms with Crippen molar-refractivity contribution in [3.05, 3.63) is 17.5 Å². The van der Waals surface area contributed by atoms with Crippen LogP contribution in [0.2, 0.25) is 0 Å². The molecule has 2 rings (SSSR count). The van der Waals surface area contributed by atoms with E-state index in [1.807, 2.05) is 24.8 Å². The predicted octanol–water partition coefficient (Wildman–Crippen LogP) is 2.85. The molecule has 1 fully saturated rings. The smallest absolute Gasteiger partial charge is 0.233 e. The van der Waals surface area contributed by atoms with Crippen LogP contribution < -0.4 is 0 Å². The Labute approximate surface area is 143 Å². The Bertz CT molecular complexity index is 508.